The number of hydrogen-bond donors (Lipinski definition) is 2. The number of carbonyl (C=O) groups excluding carboxylic acids is 1. The molecule has 6 heteroatoms. The highest BCUT2D eigenvalue weighted by Gasteiger charge is 2.28. The maximum Gasteiger partial charge on any atom is 0.270 e. The molecule has 2 aromatic heterocycles. The van der Waals surface area contributed by atoms with E-state index in [9.17, 15) is 9.59 Å². The van der Waals surface area contributed by atoms with E-state index < -0.39 is 0 Å². The first-order valence-electron chi connectivity index (χ1n) is 8.06. The molecule has 1 atom stereocenters. The molecule has 4 rings (SSSR count). The average Bonchev–Trinajstić information content (AvgIpc) is 3.39. The smallest absolute Gasteiger partial charge is 0.270 e. The fraction of sp³-hybridized carbons (Fsp3) is 0.412. The number of pyridine rings is 1. The Morgan fingerprint density at radius 1 is 1.30 bits per heavy atom. The molecule has 0 aromatic carbocycles. The Balaban J connectivity index is 1.58. The lowest BCUT2D eigenvalue weighted by Gasteiger charge is -2.24. The van der Waals surface area contributed by atoms with Crippen LogP contribution in [-0.2, 0) is 6.42 Å². The van der Waals surface area contributed by atoms with Crippen molar-refractivity contribution in [2.75, 3.05) is 0 Å². The topological polar surface area (TPSA) is 87.7 Å². The first-order chi connectivity index (χ1) is 11.2. The van der Waals surface area contributed by atoms with Gasteiger partial charge in [0.25, 0.3) is 11.5 Å². The molecule has 0 spiro atoms. The summed E-state index contributed by atoms with van der Waals surface area (Å²) in [6.45, 7) is 0. The van der Waals surface area contributed by atoms with Crippen molar-refractivity contribution in [3.63, 3.8) is 0 Å². The standard InChI is InChI=1S/C17H18N4O2/c22-14-9-13(19-16(21-14)11-6-7-11)17(23)20-12-5-1-3-10-4-2-8-18-15(10)12/h2,4,8-9,11-12H,1,3,5-7H2,(H,20,23)(H,19,21,22)/t12-/m0/s1. The monoisotopic (exact) mass is 310 g/mol. The van der Waals surface area contributed by atoms with Gasteiger partial charge < -0.3 is 10.3 Å². The second-order valence-electron chi connectivity index (χ2n) is 6.26. The van der Waals surface area contributed by atoms with Crippen molar-refractivity contribution in [1.82, 2.24) is 20.3 Å². The molecular weight excluding hydrogens is 292 g/mol. The van der Waals surface area contributed by atoms with Crippen molar-refractivity contribution in [3.8, 4) is 0 Å². The van der Waals surface area contributed by atoms with E-state index in [1.807, 2.05) is 6.07 Å². The summed E-state index contributed by atoms with van der Waals surface area (Å²) in [6, 6.07) is 5.13. The summed E-state index contributed by atoms with van der Waals surface area (Å²) in [4.78, 5) is 35.7. The van der Waals surface area contributed by atoms with Crippen LogP contribution in [0.5, 0.6) is 0 Å². The number of hydrogen-bond acceptors (Lipinski definition) is 4. The molecule has 0 radical (unpaired) electrons. The SMILES string of the molecule is O=C(N[C@H]1CCCc2cccnc21)c1cc(=O)[nH]c(C2CC2)n1. The van der Waals surface area contributed by atoms with E-state index in [1.54, 1.807) is 6.20 Å². The Labute approximate surface area is 133 Å². The van der Waals surface area contributed by atoms with Crippen molar-refractivity contribution < 1.29 is 4.79 Å². The Hall–Kier alpha value is -2.50. The number of aromatic nitrogens is 3. The van der Waals surface area contributed by atoms with Crippen LogP contribution in [0, 0.1) is 0 Å². The molecule has 1 saturated carbocycles. The lowest BCUT2D eigenvalue weighted by Crippen LogP contribution is -2.33. The van der Waals surface area contributed by atoms with E-state index in [2.05, 4.69) is 26.3 Å². The molecular formula is C17H18N4O2. The van der Waals surface area contributed by atoms with Gasteiger partial charge in [0.15, 0.2) is 0 Å². The largest absolute Gasteiger partial charge is 0.342 e. The summed E-state index contributed by atoms with van der Waals surface area (Å²) >= 11 is 0. The number of fused-ring (bicyclic) bond motifs is 1. The molecule has 23 heavy (non-hydrogen) atoms. The van der Waals surface area contributed by atoms with Crippen LogP contribution in [0.4, 0.5) is 0 Å². The molecule has 0 unspecified atom stereocenters. The lowest BCUT2D eigenvalue weighted by atomic mass is 9.92. The van der Waals surface area contributed by atoms with E-state index in [4.69, 9.17) is 0 Å². The number of H-pyrrole nitrogens is 1. The summed E-state index contributed by atoms with van der Waals surface area (Å²) < 4.78 is 0. The summed E-state index contributed by atoms with van der Waals surface area (Å²) in [5, 5.41) is 2.99. The number of aryl methyl sites for hydroxylation is 1. The number of rotatable bonds is 3. The Kier molecular flexibility index (Phi) is 3.44. The fourth-order valence-electron chi connectivity index (χ4n) is 3.12. The Morgan fingerprint density at radius 2 is 2.17 bits per heavy atom. The van der Waals surface area contributed by atoms with E-state index in [1.165, 1.54) is 11.6 Å². The van der Waals surface area contributed by atoms with Gasteiger partial charge in [0, 0.05) is 18.2 Å². The molecule has 2 aromatic rings. The van der Waals surface area contributed by atoms with Gasteiger partial charge in [-0.2, -0.15) is 0 Å². The van der Waals surface area contributed by atoms with E-state index in [-0.39, 0.29) is 23.2 Å². The second kappa shape index (κ2) is 5.61. The number of amides is 1. The van der Waals surface area contributed by atoms with Crippen molar-refractivity contribution >= 4 is 5.91 Å². The maximum atomic E-state index is 12.5. The van der Waals surface area contributed by atoms with Gasteiger partial charge in [-0.1, -0.05) is 6.07 Å². The fourth-order valence-corrected chi connectivity index (χ4v) is 3.12. The van der Waals surface area contributed by atoms with Gasteiger partial charge in [-0.3, -0.25) is 14.6 Å². The van der Waals surface area contributed by atoms with Gasteiger partial charge in [-0.15, -0.1) is 0 Å². The molecule has 2 aliphatic rings. The van der Waals surface area contributed by atoms with Crippen LogP contribution in [0.15, 0.2) is 29.2 Å². The van der Waals surface area contributed by atoms with Crippen molar-refractivity contribution in [2.45, 2.75) is 44.1 Å². The molecule has 2 heterocycles. The summed E-state index contributed by atoms with van der Waals surface area (Å²) in [5.74, 6) is 0.624. The number of carbonyl (C=O) groups is 1. The van der Waals surface area contributed by atoms with E-state index >= 15 is 0 Å². The van der Waals surface area contributed by atoms with Crippen molar-refractivity contribution in [1.29, 1.82) is 0 Å². The number of nitrogens with one attached hydrogen (secondary N) is 2. The van der Waals surface area contributed by atoms with Crippen LogP contribution in [-0.4, -0.2) is 20.9 Å². The zero-order chi connectivity index (χ0) is 15.8. The van der Waals surface area contributed by atoms with Crippen LogP contribution in [0.1, 0.15) is 65.2 Å². The molecule has 0 bridgehead atoms. The van der Waals surface area contributed by atoms with Crippen LogP contribution in [0.3, 0.4) is 0 Å². The lowest BCUT2D eigenvalue weighted by molar-refractivity contribution is 0.0926. The molecule has 118 valence electrons. The van der Waals surface area contributed by atoms with Gasteiger partial charge >= 0.3 is 0 Å². The third kappa shape index (κ3) is 2.88. The normalized spacial score (nSPS) is 19.9. The minimum Gasteiger partial charge on any atom is -0.342 e. The van der Waals surface area contributed by atoms with E-state index in [0.29, 0.717) is 11.7 Å². The van der Waals surface area contributed by atoms with Crippen LogP contribution in [0.2, 0.25) is 0 Å². The number of nitrogens with zero attached hydrogens (tertiary/aromatic N) is 2. The molecule has 0 saturated heterocycles. The molecule has 1 amide bonds. The quantitative estimate of drug-likeness (QED) is 0.905. The van der Waals surface area contributed by atoms with Crippen LogP contribution >= 0.6 is 0 Å². The number of aromatic amines is 1. The van der Waals surface area contributed by atoms with Crippen LogP contribution < -0.4 is 10.9 Å². The first-order valence-corrected chi connectivity index (χ1v) is 8.06. The Bertz CT molecular complexity index is 810. The zero-order valence-electron chi connectivity index (χ0n) is 12.7. The molecule has 2 aliphatic carbocycles. The summed E-state index contributed by atoms with van der Waals surface area (Å²) in [5.41, 5.74) is 2.04. The highest BCUT2D eigenvalue weighted by atomic mass is 16.2. The first kappa shape index (κ1) is 14.1. The molecule has 0 aliphatic heterocycles. The highest BCUT2D eigenvalue weighted by Crippen LogP contribution is 2.37. The van der Waals surface area contributed by atoms with Gasteiger partial charge in [0.05, 0.1) is 11.7 Å². The van der Waals surface area contributed by atoms with Gasteiger partial charge in [-0.25, -0.2) is 4.98 Å². The summed E-state index contributed by atoms with van der Waals surface area (Å²) in [6.07, 6.45) is 6.65. The van der Waals surface area contributed by atoms with Crippen molar-refractivity contribution in [3.05, 3.63) is 57.5 Å². The maximum absolute atomic E-state index is 12.5. The zero-order valence-corrected chi connectivity index (χ0v) is 12.7. The van der Waals surface area contributed by atoms with Crippen LogP contribution in [0.25, 0.3) is 0 Å². The molecule has 2 N–H and O–H groups in total. The minimum atomic E-state index is -0.304. The predicted octanol–water partition coefficient (Wildman–Crippen LogP) is 1.85. The van der Waals surface area contributed by atoms with Gasteiger partial charge in [0.1, 0.15) is 11.5 Å². The third-order valence-electron chi connectivity index (χ3n) is 4.46. The average molecular weight is 310 g/mol. The molecule has 6 nitrogen and oxygen atoms in total. The van der Waals surface area contributed by atoms with Crippen molar-refractivity contribution in [2.24, 2.45) is 0 Å². The van der Waals surface area contributed by atoms with E-state index in [0.717, 1.165) is 37.8 Å². The second-order valence-corrected chi connectivity index (χ2v) is 6.26. The minimum absolute atomic E-state index is 0.113. The Morgan fingerprint density at radius 3 is 3.00 bits per heavy atom. The highest BCUT2D eigenvalue weighted by molar-refractivity contribution is 5.92. The van der Waals surface area contributed by atoms with Gasteiger partial charge in [0.2, 0.25) is 0 Å². The summed E-state index contributed by atoms with van der Waals surface area (Å²) in [7, 11) is 0. The third-order valence-corrected chi connectivity index (χ3v) is 4.46. The molecule has 1 fully saturated rings. The van der Waals surface area contributed by atoms with Gasteiger partial charge in [-0.05, 0) is 43.7 Å². The predicted molar refractivity (Wildman–Crippen MR) is 84.2 cm³/mol.